The van der Waals surface area contributed by atoms with Gasteiger partial charge >= 0.3 is 0 Å². The van der Waals surface area contributed by atoms with Crippen LogP contribution in [-0.2, 0) is 4.79 Å². The van der Waals surface area contributed by atoms with Crippen LogP contribution in [-0.4, -0.2) is 28.5 Å². The van der Waals surface area contributed by atoms with E-state index in [0.717, 1.165) is 17.3 Å². The quantitative estimate of drug-likeness (QED) is 0.635. The molecule has 0 aliphatic rings. The molecule has 0 bridgehead atoms. The average Bonchev–Trinajstić information content (AvgIpc) is 3.11. The lowest BCUT2D eigenvalue weighted by molar-refractivity contribution is -0.115. The standard InChI is InChI=1S/C19H18FN3O3S/c1-11-4-9-16(25-3)15(10-11)21-17(24)12(2)27-19-23-22-18(26-19)13-5-7-14(20)8-6-13/h4-10,12H,1-3H3,(H,21,24)/t12-/m0/s1. The van der Waals surface area contributed by atoms with Gasteiger partial charge in [0.15, 0.2) is 0 Å². The fourth-order valence-corrected chi connectivity index (χ4v) is 3.01. The Morgan fingerprint density at radius 3 is 2.67 bits per heavy atom. The zero-order valence-electron chi connectivity index (χ0n) is 15.0. The molecule has 0 unspecified atom stereocenters. The van der Waals surface area contributed by atoms with Crippen LogP contribution in [0, 0.1) is 12.7 Å². The lowest BCUT2D eigenvalue weighted by Gasteiger charge is -2.13. The second kappa shape index (κ2) is 8.22. The highest BCUT2D eigenvalue weighted by molar-refractivity contribution is 8.00. The minimum Gasteiger partial charge on any atom is -0.495 e. The number of carbonyl (C=O) groups excluding carboxylic acids is 1. The number of ether oxygens (including phenoxy) is 1. The first-order valence-corrected chi connectivity index (χ1v) is 9.06. The van der Waals surface area contributed by atoms with Crippen LogP contribution < -0.4 is 10.1 Å². The summed E-state index contributed by atoms with van der Waals surface area (Å²) < 4.78 is 23.8. The van der Waals surface area contributed by atoms with Crippen LogP contribution in [0.1, 0.15) is 12.5 Å². The molecule has 1 heterocycles. The molecule has 1 aromatic heterocycles. The number of amides is 1. The summed E-state index contributed by atoms with van der Waals surface area (Å²) in [5.74, 6) is 0.295. The van der Waals surface area contributed by atoms with Gasteiger partial charge in [0.2, 0.25) is 11.8 Å². The number of carbonyl (C=O) groups is 1. The maximum absolute atomic E-state index is 13.0. The van der Waals surface area contributed by atoms with Gasteiger partial charge in [-0.15, -0.1) is 10.2 Å². The molecule has 0 fully saturated rings. The molecule has 0 aliphatic carbocycles. The SMILES string of the molecule is COc1ccc(C)cc1NC(=O)[C@H](C)Sc1nnc(-c2ccc(F)cc2)o1. The second-order valence-corrected chi connectivity index (χ2v) is 7.13. The van der Waals surface area contributed by atoms with Gasteiger partial charge in [-0.05, 0) is 55.8 Å². The number of hydrogen-bond acceptors (Lipinski definition) is 6. The molecular formula is C19H18FN3O3S. The van der Waals surface area contributed by atoms with Crippen molar-refractivity contribution in [2.45, 2.75) is 24.3 Å². The van der Waals surface area contributed by atoms with Gasteiger partial charge in [0, 0.05) is 5.56 Å². The van der Waals surface area contributed by atoms with E-state index < -0.39 is 5.25 Å². The largest absolute Gasteiger partial charge is 0.495 e. The molecule has 0 saturated heterocycles. The molecule has 0 saturated carbocycles. The Bertz CT molecular complexity index is 944. The molecule has 0 radical (unpaired) electrons. The van der Waals surface area contributed by atoms with Crippen molar-refractivity contribution in [3.05, 3.63) is 53.8 Å². The topological polar surface area (TPSA) is 77.2 Å². The van der Waals surface area contributed by atoms with Gasteiger partial charge in [-0.2, -0.15) is 0 Å². The maximum Gasteiger partial charge on any atom is 0.277 e. The minimum absolute atomic E-state index is 0.217. The number of aryl methyl sites for hydroxylation is 1. The fraction of sp³-hybridized carbons (Fsp3) is 0.211. The molecule has 2 aromatic carbocycles. The van der Waals surface area contributed by atoms with Gasteiger partial charge < -0.3 is 14.5 Å². The molecule has 1 N–H and O–H groups in total. The third-order valence-electron chi connectivity index (χ3n) is 3.76. The number of benzene rings is 2. The molecule has 8 heteroatoms. The van der Waals surface area contributed by atoms with E-state index in [4.69, 9.17) is 9.15 Å². The summed E-state index contributed by atoms with van der Waals surface area (Å²) in [4.78, 5) is 12.5. The number of halogens is 1. The number of aromatic nitrogens is 2. The van der Waals surface area contributed by atoms with Crippen molar-refractivity contribution in [1.82, 2.24) is 10.2 Å². The number of thioether (sulfide) groups is 1. The highest BCUT2D eigenvalue weighted by Crippen LogP contribution is 2.29. The molecule has 3 rings (SSSR count). The van der Waals surface area contributed by atoms with E-state index >= 15 is 0 Å². The highest BCUT2D eigenvalue weighted by atomic mass is 32.2. The van der Waals surface area contributed by atoms with E-state index in [0.29, 0.717) is 17.0 Å². The lowest BCUT2D eigenvalue weighted by atomic mass is 10.2. The van der Waals surface area contributed by atoms with Crippen LogP contribution in [0.25, 0.3) is 11.5 Å². The summed E-state index contributed by atoms with van der Waals surface area (Å²) in [5, 5.41) is 10.5. The number of hydrogen-bond donors (Lipinski definition) is 1. The Kier molecular flexibility index (Phi) is 5.75. The minimum atomic E-state index is -0.475. The number of rotatable bonds is 6. The summed E-state index contributed by atoms with van der Waals surface area (Å²) in [5.41, 5.74) is 2.22. The van der Waals surface area contributed by atoms with Crippen LogP contribution in [0.5, 0.6) is 5.75 Å². The van der Waals surface area contributed by atoms with Crippen molar-refractivity contribution in [3.8, 4) is 17.2 Å². The number of anilines is 1. The van der Waals surface area contributed by atoms with Crippen molar-refractivity contribution in [1.29, 1.82) is 0 Å². The Hall–Kier alpha value is -2.87. The highest BCUT2D eigenvalue weighted by Gasteiger charge is 2.20. The van der Waals surface area contributed by atoms with E-state index in [2.05, 4.69) is 15.5 Å². The number of methoxy groups -OCH3 is 1. The van der Waals surface area contributed by atoms with E-state index in [1.807, 2.05) is 19.1 Å². The molecule has 6 nitrogen and oxygen atoms in total. The smallest absolute Gasteiger partial charge is 0.277 e. The lowest BCUT2D eigenvalue weighted by Crippen LogP contribution is -2.22. The zero-order chi connectivity index (χ0) is 19.4. The van der Waals surface area contributed by atoms with Gasteiger partial charge in [0.25, 0.3) is 5.22 Å². The monoisotopic (exact) mass is 387 g/mol. The van der Waals surface area contributed by atoms with Gasteiger partial charge in [-0.25, -0.2) is 4.39 Å². The first-order valence-electron chi connectivity index (χ1n) is 8.18. The summed E-state index contributed by atoms with van der Waals surface area (Å²) >= 11 is 1.14. The van der Waals surface area contributed by atoms with E-state index in [1.165, 1.54) is 12.1 Å². The Morgan fingerprint density at radius 2 is 1.96 bits per heavy atom. The predicted molar refractivity (Wildman–Crippen MR) is 101 cm³/mol. The van der Waals surface area contributed by atoms with Crippen molar-refractivity contribution in [3.63, 3.8) is 0 Å². The molecule has 0 spiro atoms. The average molecular weight is 387 g/mol. The van der Waals surface area contributed by atoms with Crippen molar-refractivity contribution < 1.29 is 18.3 Å². The van der Waals surface area contributed by atoms with Crippen LogP contribution >= 0.6 is 11.8 Å². The summed E-state index contributed by atoms with van der Waals surface area (Å²) in [7, 11) is 1.55. The van der Waals surface area contributed by atoms with E-state index in [-0.39, 0.29) is 22.8 Å². The Balaban J connectivity index is 1.67. The van der Waals surface area contributed by atoms with Crippen LogP contribution in [0.4, 0.5) is 10.1 Å². The molecule has 140 valence electrons. The van der Waals surface area contributed by atoms with E-state index in [1.54, 1.807) is 32.2 Å². The summed E-state index contributed by atoms with van der Waals surface area (Å²) in [6.07, 6.45) is 0. The normalized spacial score (nSPS) is 11.9. The Labute approximate surface area is 160 Å². The summed E-state index contributed by atoms with van der Waals surface area (Å²) in [6.45, 7) is 3.67. The first kappa shape index (κ1) is 18.9. The van der Waals surface area contributed by atoms with Gasteiger partial charge in [0.05, 0.1) is 18.0 Å². The van der Waals surface area contributed by atoms with Crippen molar-refractivity contribution >= 4 is 23.4 Å². The van der Waals surface area contributed by atoms with E-state index in [9.17, 15) is 9.18 Å². The maximum atomic E-state index is 13.0. The van der Waals surface area contributed by atoms with Crippen molar-refractivity contribution in [2.24, 2.45) is 0 Å². The molecule has 1 atom stereocenters. The van der Waals surface area contributed by atoms with Gasteiger partial charge in [-0.3, -0.25) is 4.79 Å². The predicted octanol–water partition coefficient (Wildman–Crippen LogP) is 4.31. The fourth-order valence-electron chi connectivity index (χ4n) is 2.33. The Morgan fingerprint density at radius 1 is 1.22 bits per heavy atom. The molecule has 3 aromatic rings. The number of nitrogens with one attached hydrogen (secondary N) is 1. The second-order valence-electron chi connectivity index (χ2n) is 5.83. The number of nitrogens with zero attached hydrogens (tertiary/aromatic N) is 2. The van der Waals surface area contributed by atoms with Crippen LogP contribution in [0.3, 0.4) is 0 Å². The van der Waals surface area contributed by atoms with Crippen LogP contribution in [0.2, 0.25) is 0 Å². The molecule has 27 heavy (non-hydrogen) atoms. The zero-order valence-corrected chi connectivity index (χ0v) is 15.8. The van der Waals surface area contributed by atoms with Gasteiger partial charge in [0.1, 0.15) is 11.6 Å². The summed E-state index contributed by atoms with van der Waals surface area (Å²) in [6, 6.07) is 11.3. The molecule has 0 aliphatic heterocycles. The third-order valence-corrected chi connectivity index (χ3v) is 4.69. The molecular weight excluding hydrogens is 369 g/mol. The van der Waals surface area contributed by atoms with Crippen molar-refractivity contribution in [2.75, 3.05) is 12.4 Å². The van der Waals surface area contributed by atoms with Gasteiger partial charge in [-0.1, -0.05) is 17.8 Å². The third kappa shape index (κ3) is 4.65. The van der Waals surface area contributed by atoms with Crippen LogP contribution in [0.15, 0.2) is 52.1 Å². The first-order chi connectivity index (χ1) is 13.0. The molecule has 1 amide bonds.